The molecule has 156 valence electrons. The highest BCUT2D eigenvalue weighted by Gasteiger charge is 2.15. The minimum absolute atomic E-state index is 0.0947. The third-order valence-corrected chi connectivity index (χ3v) is 6.01. The first-order valence-electron chi connectivity index (χ1n) is 9.38. The zero-order chi connectivity index (χ0) is 21.5. The lowest BCUT2D eigenvalue weighted by Gasteiger charge is -2.12. The van der Waals surface area contributed by atoms with Crippen molar-refractivity contribution in [1.29, 1.82) is 0 Å². The van der Waals surface area contributed by atoms with E-state index < -0.39 is 0 Å². The van der Waals surface area contributed by atoms with Crippen molar-refractivity contribution in [2.45, 2.75) is 32.2 Å². The summed E-state index contributed by atoms with van der Waals surface area (Å²) >= 11 is 3.57. The molecule has 1 heterocycles. The molecule has 0 fully saturated rings. The van der Waals surface area contributed by atoms with Crippen molar-refractivity contribution >= 4 is 45.9 Å². The second kappa shape index (κ2) is 10.6. The van der Waals surface area contributed by atoms with E-state index in [0.29, 0.717) is 24.1 Å². The van der Waals surface area contributed by atoms with Gasteiger partial charge in [-0.25, -0.2) is 0 Å². The number of amides is 1. The number of nitrogens with zero attached hydrogens (tertiary/aromatic N) is 3. The summed E-state index contributed by atoms with van der Waals surface area (Å²) in [6.07, 6.45) is 1.78. The molecule has 0 unspecified atom stereocenters. The van der Waals surface area contributed by atoms with Crippen LogP contribution in [0.4, 0.5) is 5.69 Å². The van der Waals surface area contributed by atoms with E-state index in [1.165, 1.54) is 11.8 Å². The number of carbonyl (C=O) groups is 1. The Balaban J connectivity index is 1.64. The first-order chi connectivity index (χ1) is 14.5. The summed E-state index contributed by atoms with van der Waals surface area (Å²) in [4.78, 5) is 12.3. The number of carbonyl (C=O) groups excluding carboxylic acids is 1. The second-order valence-electron chi connectivity index (χ2n) is 6.65. The smallest absolute Gasteiger partial charge is 0.234 e. The Morgan fingerprint density at radius 3 is 2.57 bits per heavy atom. The predicted octanol–water partition coefficient (Wildman–Crippen LogP) is 5.00. The van der Waals surface area contributed by atoms with E-state index in [9.17, 15) is 4.79 Å². The van der Waals surface area contributed by atoms with Crippen molar-refractivity contribution in [2.75, 3.05) is 11.1 Å². The number of aryl methyl sites for hydroxylation is 2. The maximum Gasteiger partial charge on any atom is 0.234 e. The van der Waals surface area contributed by atoms with Gasteiger partial charge in [-0.15, -0.1) is 16.8 Å². The number of hydrogen-bond donors (Lipinski definition) is 1. The van der Waals surface area contributed by atoms with Crippen LogP contribution in [-0.4, -0.2) is 26.4 Å². The van der Waals surface area contributed by atoms with Crippen molar-refractivity contribution in [3.63, 3.8) is 0 Å². The molecule has 0 aliphatic heterocycles. The fourth-order valence-electron chi connectivity index (χ4n) is 2.87. The van der Waals surface area contributed by atoms with Crippen molar-refractivity contribution < 1.29 is 9.53 Å². The molecule has 1 aromatic heterocycles. The van der Waals surface area contributed by atoms with Gasteiger partial charge in [-0.1, -0.05) is 36.0 Å². The molecule has 3 rings (SSSR count). The minimum atomic E-state index is -0.0947. The topological polar surface area (TPSA) is 69.0 Å². The molecule has 0 saturated carbocycles. The van der Waals surface area contributed by atoms with Crippen LogP contribution >= 0.6 is 34.4 Å². The van der Waals surface area contributed by atoms with Gasteiger partial charge in [-0.3, -0.25) is 9.36 Å². The molecule has 1 amide bonds. The Kier molecular flexibility index (Phi) is 7.92. The molecular weight excluding hydrogens is 511 g/mol. The van der Waals surface area contributed by atoms with E-state index in [4.69, 9.17) is 4.74 Å². The quantitative estimate of drug-likeness (QED) is 0.238. The van der Waals surface area contributed by atoms with Crippen LogP contribution in [0.1, 0.15) is 17.0 Å². The number of hydrogen-bond acceptors (Lipinski definition) is 5. The van der Waals surface area contributed by atoms with E-state index in [1.54, 1.807) is 6.08 Å². The van der Waals surface area contributed by atoms with Crippen LogP contribution in [-0.2, 0) is 17.9 Å². The van der Waals surface area contributed by atoms with Gasteiger partial charge in [0.05, 0.1) is 5.75 Å². The van der Waals surface area contributed by atoms with Gasteiger partial charge in [0, 0.05) is 15.8 Å². The summed E-state index contributed by atoms with van der Waals surface area (Å²) in [7, 11) is 0. The molecule has 0 atom stereocenters. The number of thioether (sulfide) groups is 1. The minimum Gasteiger partial charge on any atom is -0.485 e. The summed E-state index contributed by atoms with van der Waals surface area (Å²) in [6.45, 7) is 8.69. The van der Waals surface area contributed by atoms with Crippen molar-refractivity contribution in [2.24, 2.45) is 0 Å². The number of anilines is 1. The van der Waals surface area contributed by atoms with Gasteiger partial charge in [0.2, 0.25) is 5.91 Å². The number of nitrogens with one attached hydrogen (secondary N) is 1. The van der Waals surface area contributed by atoms with Crippen molar-refractivity contribution in [3.05, 3.63) is 75.6 Å². The van der Waals surface area contributed by atoms with Crippen LogP contribution in [0.3, 0.4) is 0 Å². The molecule has 0 aliphatic rings. The van der Waals surface area contributed by atoms with E-state index in [-0.39, 0.29) is 11.7 Å². The molecule has 0 bridgehead atoms. The molecule has 6 nitrogen and oxygen atoms in total. The number of benzene rings is 2. The third-order valence-electron chi connectivity index (χ3n) is 4.32. The number of aromatic nitrogens is 3. The molecule has 1 N–H and O–H groups in total. The van der Waals surface area contributed by atoms with Crippen LogP contribution < -0.4 is 10.1 Å². The Morgan fingerprint density at radius 1 is 1.20 bits per heavy atom. The van der Waals surface area contributed by atoms with Crippen LogP contribution in [0.25, 0.3) is 0 Å². The Bertz CT molecular complexity index is 1010. The number of ether oxygens (including phenoxy) is 1. The van der Waals surface area contributed by atoms with Crippen molar-refractivity contribution in [3.8, 4) is 5.75 Å². The van der Waals surface area contributed by atoms with Crippen LogP contribution in [0, 0.1) is 17.4 Å². The fraction of sp³-hybridized carbons (Fsp3) is 0.227. The van der Waals surface area contributed by atoms with Gasteiger partial charge in [0.15, 0.2) is 11.0 Å². The molecule has 0 spiro atoms. The van der Waals surface area contributed by atoms with Gasteiger partial charge in [0.1, 0.15) is 12.4 Å². The molecule has 0 radical (unpaired) electrons. The highest BCUT2D eigenvalue weighted by molar-refractivity contribution is 14.1. The second-order valence-corrected chi connectivity index (χ2v) is 8.84. The monoisotopic (exact) mass is 534 g/mol. The van der Waals surface area contributed by atoms with Crippen LogP contribution in [0.5, 0.6) is 5.75 Å². The molecule has 3 aromatic rings. The fourth-order valence-corrected chi connectivity index (χ4v) is 4.00. The maximum absolute atomic E-state index is 12.3. The number of allylic oxidation sites excluding steroid dienone is 1. The molecule has 2 aromatic carbocycles. The normalized spacial score (nSPS) is 10.6. The average Bonchev–Trinajstić information content (AvgIpc) is 3.10. The zero-order valence-corrected chi connectivity index (χ0v) is 19.9. The standard InChI is InChI=1S/C22H23IN4O2S/c1-4-12-27-19(13-29-21-15(2)6-5-7-16(21)3)25-26-22(27)30-14-20(28)24-18-10-8-17(23)9-11-18/h4-11H,1,12-14H2,2-3H3,(H,24,28). The van der Waals surface area contributed by atoms with Gasteiger partial charge in [-0.05, 0) is 71.8 Å². The lowest BCUT2D eigenvalue weighted by Crippen LogP contribution is -2.15. The summed E-state index contributed by atoms with van der Waals surface area (Å²) in [5, 5.41) is 12.1. The lowest BCUT2D eigenvalue weighted by molar-refractivity contribution is -0.113. The zero-order valence-electron chi connectivity index (χ0n) is 16.9. The van der Waals surface area contributed by atoms with E-state index in [2.05, 4.69) is 44.7 Å². The number of rotatable bonds is 9. The average molecular weight is 534 g/mol. The van der Waals surface area contributed by atoms with Crippen LogP contribution in [0.15, 0.2) is 60.3 Å². The number of para-hydroxylation sites is 1. The highest BCUT2D eigenvalue weighted by Crippen LogP contribution is 2.24. The Morgan fingerprint density at radius 2 is 1.90 bits per heavy atom. The molecule has 8 heteroatoms. The van der Waals surface area contributed by atoms with E-state index >= 15 is 0 Å². The first kappa shape index (κ1) is 22.4. The first-order valence-corrected chi connectivity index (χ1v) is 11.4. The van der Waals surface area contributed by atoms with Gasteiger partial charge >= 0.3 is 0 Å². The molecule has 30 heavy (non-hydrogen) atoms. The third kappa shape index (κ3) is 5.85. The summed E-state index contributed by atoms with van der Waals surface area (Å²) < 4.78 is 9.06. The summed E-state index contributed by atoms with van der Waals surface area (Å²) in [5.74, 6) is 1.69. The van der Waals surface area contributed by atoms with Crippen LogP contribution in [0.2, 0.25) is 0 Å². The van der Waals surface area contributed by atoms with Gasteiger partial charge < -0.3 is 10.1 Å². The Hall–Kier alpha value is -2.33. The van der Waals surface area contributed by atoms with Gasteiger partial charge in [-0.2, -0.15) is 0 Å². The molecule has 0 aliphatic carbocycles. The SMILES string of the molecule is C=CCn1c(COc2c(C)cccc2C)nnc1SCC(=O)Nc1ccc(I)cc1. The Labute approximate surface area is 194 Å². The highest BCUT2D eigenvalue weighted by atomic mass is 127. The lowest BCUT2D eigenvalue weighted by atomic mass is 10.1. The largest absolute Gasteiger partial charge is 0.485 e. The molecule has 0 saturated heterocycles. The molecular formula is C22H23IN4O2S. The van der Waals surface area contributed by atoms with E-state index in [0.717, 1.165) is 26.1 Å². The van der Waals surface area contributed by atoms with Crippen molar-refractivity contribution in [1.82, 2.24) is 14.8 Å². The number of halogens is 1. The van der Waals surface area contributed by atoms with Gasteiger partial charge in [0.25, 0.3) is 0 Å². The predicted molar refractivity (Wildman–Crippen MR) is 129 cm³/mol. The van der Waals surface area contributed by atoms with E-state index in [1.807, 2.05) is 60.9 Å². The maximum atomic E-state index is 12.3. The summed E-state index contributed by atoms with van der Waals surface area (Å²) in [6, 6.07) is 13.7. The summed E-state index contributed by atoms with van der Waals surface area (Å²) in [5.41, 5.74) is 2.93.